The summed E-state index contributed by atoms with van der Waals surface area (Å²) in [7, 11) is 2.16. The van der Waals surface area contributed by atoms with Gasteiger partial charge in [-0.15, -0.1) is 0 Å². The Morgan fingerprint density at radius 3 is 2.70 bits per heavy atom. The zero-order valence-corrected chi connectivity index (χ0v) is 14.4. The van der Waals surface area contributed by atoms with Crippen molar-refractivity contribution in [2.75, 3.05) is 46.3 Å². The van der Waals surface area contributed by atoms with Crippen LogP contribution in [0.3, 0.4) is 0 Å². The minimum absolute atomic E-state index is 0.0867. The first-order chi connectivity index (χ1) is 11.2. The molecule has 0 unspecified atom stereocenters. The first-order valence-corrected chi connectivity index (χ1v) is 8.87. The van der Waals surface area contributed by atoms with E-state index in [4.69, 9.17) is 0 Å². The molecule has 0 aromatic carbocycles. The summed E-state index contributed by atoms with van der Waals surface area (Å²) in [5.41, 5.74) is 1.83. The normalized spacial score (nSPS) is 23.4. The fourth-order valence-corrected chi connectivity index (χ4v) is 3.76. The molecule has 2 fully saturated rings. The van der Waals surface area contributed by atoms with Crippen LogP contribution in [0.5, 0.6) is 0 Å². The lowest BCUT2D eigenvalue weighted by Crippen LogP contribution is -2.48. The van der Waals surface area contributed by atoms with Gasteiger partial charge in [0.1, 0.15) is 5.69 Å². The Kier molecular flexibility index (Phi) is 5.28. The maximum Gasteiger partial charge on any atom is 0.272 e. The molecule has 1 aromatic heterocycles. The van der Waals surface area contributed by atoms with Crippen molar-refractivity contribution in [2.24, 2.45) is 0 Å². The molecule has 5 nitrogen and oxygen atoms in total. The summed E-state index contributed by atoms with van der Waals surface area (Å²) >= 11 is 0. The zero-order valence-electron chi connectivity index (χ0n) is 14.4. The molecule has 1 aromatic rings. The third kappa shape index (κ3) is 3.72. The summed E-state index contributed by atoms with van der Waals surface area (Å²) in [6, 6.07) is 4.50. The molecule has 0 aliphatic carbocycles. The van der Waals surface area contributed by atoms with E-state index in [1.54, 1.807) is 6.20 Å². The number of rotatable bonds is 4. The van der Waals surface area contributed by atoms with Crippen LogP contribution in [0.1, 0.15) is 48.3 Å². The van der Waals surface area contributed by atoms with Crippen molar-refractivity contribution in [1.82, 2.24) is 19.7 Å². The number of hydrogen-bond acceptors (Lipinski definition) is 4. The molecule has 0 saturated carbocycles. The minimum atomic E-state index is 0.0867. The summed E-state index contributed by atoms with van der Waals surface area (Å²) in [6.07, 6.45) is 5.37. The number of carbonyl (C=O) groups is 1. The van der Waals surface area contributed by atoms with Gasteiger partial charge in [0.15, 0.2) is 0 Å². The van der Waals surface area contributed by atoms with E-state index >= 15 is 0 Å². The standard InChI is InChI=1S/C18H28N4O/c1-3-8-21-10-12-22(13-11-21)18(23)16-14-15(6-7-19-16)17-5-4-9-20(17)2/h6-7,14,17H,3-5,8-13H2,1-2H3/t17-/m0/s1. The summed E-state index contributed by atoms with van der Waals surface area (Å²) < 4.78 is 0. The van der Waals surface area contributed by atoms with Crippen LogP contribution in [0, 0.1) is 0 Å². The van der Waals surface area contributed by atoms with Crippen molar-refractivity contribution in [3.8, 4) is 0 Å². The number of likely N-dealkylation sites (tertiary alicyclic amines) is 1. The van der Waals surface area contributed by atoms with Crippen molar-refractivity contribution >= 4 is 5.91 Å². The van der Waals surface area contributed by atoms with E-state index in [9.17, 15) is 4.79 Å². The van der Waals surface area contributed by atoms with Gasteiger partial charge in [-0.05, 0) is 57.1 Å². The van der Waals surface area contributed by atoms with Gasteiger partial charge in [-0.1, -0.05) is 6.92 Å². The van der Waals surface area contributed by atoms with Gasteiger partial charge in [0.2, 0.25) is 0 Å². The van der Waals surface area contributed by atoms with Gasteiger partial charge < -0.3 is 4.90 Å². The maximum atomic E-state index is 12.7. The Balaban J connectivity index is 1.66. The lowest BCUT2D eigenvalue weighted by molar-refractivity contribution is 0.0631. The molecule has 3 rings (SSSR count). The molecular weight excluding hydrogens is 288 g/mol. The van der Waals surface area contributed by atoms with Crippen LogP contribution >= 0.6 is 0 Å². The third-order valence-corrected chi connectivity index (χ3v) is 5.11. The fourth-order valence-electron chi connectivity index (χ4n) is 3.76. The predicted octanol–water partition coefficient (Wildman–Crippen LogP) is 2.02. The maximum absolute atomic E-state index is 12.7. The van der Waals surface area contributed by atoms with Crippen LogP contribution < -0.4 is 0 Å². The molecule has 0 N–H and O–H groups in total. The molecular formula is C18H28N4O. The van der Waals surface area contributed by atoms with Gasteiger partial charge >= 0.3 is 0 Å². The zero-order chi connectivity index (χ0) is 16.2. The van der Waals surface area contributed by atoms with Gasteiger partial charge in [-0.2, -0.15) is 0 Å². The van der Waals surface area contributed by atoms with Crippen molar-refractivity contribution in [3.05, 3.63) is 29.6 Å². The molecule has 2 saturated heterocycles. The highest BCUT2D eigenvalue weighted by Crippen LogP contribution is 2.30. The van der Waals surface area contributed by atoms with Crippen LogP contribution in [0.2, 0.25) is 0 Å². The van der Waals surface area contributed by atoms with Crippen molar-refractivity contribution in [2.45, 2.75) is 32.2 Å². The highest BCUT2D eigenvalue weighted by atomic mass is 16.2. The number of aromatic nitrogens is 1. The molecule has 126 valence electrons. The Hall–Kier alpha value is -1.46. The highest BCUT2D eigenvalue weighted by molar-refractivity contribution is 5.92. The van der Waals surface area contributed by atoms with Crippen LogP contribution in [0.4, 0.5) is 0 Å². The van der Waals surface area contributed by atoms with E-state index in [-0.39, 0.29) is 5.91 Å². The minimum Gasteiger partial charge on any atom is -0.335 e. The summed E-state index contributed by atoms with van der Waals surface area (Å²) in [5, 5.41) is 0. The van der Waals surface area contributed by atoms with E-state index in [1.807, 2.05) is 11.0 Å². The van der Waals surface area contributed by atoms with E-state index in [2.05, 4.69) is 34.8 Å². The van der Waals surface area contributed by atoms with Gasteiger partial charge in [-0.25, -0.2) is 0 Å². The largest absolute Gasteiger partial charge is 0.335 e. The smallest absolute Gasteiger partial charge is 0.272 e. The first-order valence-electron chi connectivity index (χ1n) is 8.87. The molecule has 2 aliphatic heterocycles. The van der Waals surface area contributed by atoms with Crippen molar-refractivity contribution in [3.63, 3.8) is 0 Å². The van der Waals surface area contributed by atoms with E-state index < -0.39 is 0 Å². The van der Waals surface area contributed by atoms with Crippen molar-refractivity contribution < 1.29 is 4.79 Å². The van der Waals surface area contributed by atoms with Gasteiger partial charge in [0.25, 0.3) is 5.91 Å². The lowest BCUT2D eigenvalue weighted by atomic mass is 10.0. The Morgan fingerprint density at radius 1 is 1.26 bits per heavy atom. The third-order valence-electron chi connectivity index (χ3n) is 5.11. The molecule has 3 heterocycles. The average molecular weight is 316 g/mol. The molecule has 0 radical (unpaired) electrons. The van der Waals surface area contributed by atoms with Crippen LogP contribution in [0.25, 0.3) is 0 Å². The summed E-state index contributed by atoms with van der Waals surface area (Å²) in [6.45, 7) is 8.05. The number of pyridine rings is 1. The Bertz CT molecular complexity index is 540. The molecule has 0 bridgehead atoms. The Morgan fingerprint density at radius 2 is 2.04 bits per heavy atom. The summed E-state index contributed by atoms with van der Waals surface area (Å²) in [4.78, 5) is 23.8. The van der Waals surface area contributed by atoms with Crippen LogP contribution in [-0.4, -0.2) is 71.9 Å². The molecule has 5 heteroatoms. The van der Waals surface area contributed by atoms with Crippen molar-refractivity contribution in [1.29, 1.82) is 0 Å². The average Bonchev–Trinajstić information content (AvgIpc) is 3.01. The van der Waals surface area contributed by atoms with Crippen LogP contribution in [0.15, 0.2) is 18.3 Å². The second kappa shape index (κ2) is 7.41. The van der Waals surface area contributed by atoms with E-state index in [0.29, 0.717) is 11.7 Å². The quantitative estimate of drug-likeness (QED) is 0.852. The summed E-state index contributed by atoms with van der Waals surface area (Å²) in [5.74, 6) is 0.0867. The first kappa shape index (κ1) is 16.4. The van der Waals surface area contributed by atoms with Gasteiger partial charge in [0, 0.05) is 38.4 Å². The number of piperazine rings is 1. The Labute approximate surface area is 139 Å². The number of hydrogen-bond donors (Lipinski definition) is 0. The monoisotopic (exact) mass is 316 g/mol. The second-order valence-corrected chi connectivity index (χ2v) is 6.75. The number of nitrogens with zero attached hydrogens (tertiary/aromatic N) is 4. The van der Waals surface area contributed by atoms with Crippen LogP contribution in [-0.2, 0) is 0 Å². The molecule has 0 spiro atoms. The SMILES string of the molecule is CCCN1CCN(C(=O)c2cc([C@@H]3CCCN3C)ccn2)CC1. The predicted molar refractivity (Wildman–Crippen MR) is 91.5 cm³/mol. The van der Waals surface area contributed by atoms with Gasteiger partial charge in [0.05, 0.1) is 0 Å². The van der Waals surface area contributed by atoms with Gasteiger partial charge in [-0.3, -0.25) is 19.6 Å². The topological polar surface area (TPSA) is 39.7 Å². The molecule has 1 amide bonds. The molecule has 23 heavy (non-hydrogen) atoms. The van der Waals surface area contributed by atoms with E-state index in [1.165, 1.54) is 24.8 Å². The molecule has 2 aliphatic rings. The number of carbonyl (C=O) groups excluding carboxylic acids is 1. The molecule has 1 atom stereocenters. The second-order valence-electron chi connectivity index (χ2n) is 6.75. The lowest BCUT2D eigenvalue weighted by Gasteiger charge is -2.34. The fraction of sp³-hybridized carbons (Fsp3) is 0.667. The van der Waals surface area contributed by atoms with E-state index in [0.717, 1.165) is 39.3 Å². The number of amides is 1. The highest BCUT2D eigenvalue weighted by Gasteiger charge is 2.26.